The van der Waals surface area contributed by atoms with Gasteiger partial charge in [0, 0.05) is 34.2 Å². The van der Waals surface area contributed by atoms with Gasteiger partial charge in [-0.3, -0.25) is 4.98 Å². The molecule has 2 heterocycles. The zero-order chi connectivity index (χ0) is 12.3. The molecule has 0 saturated heterocycles. The summed E-state index contributed by atoms with van der Waals surface area (Å²) in [6.07, 6.45) is 3.73. The summed E-state index contributed by atoms with van der Waals surface area (Å²) in [6.45, 7) is 6.53. The Morgan fingerprint density at radius 2 is 2.00 bits per heavy atom. The predicted molar refractivity (Wildman–Crippen MR) is 73.3 cm³/mol. The average Bonchev–Trinajstić information content (AvgIpc) is 2.77. The van der Waals surface area contributed by atoms with Crippen molar-refractivity contribution in [3.63, 3.8) is 0 Å². The van der Waals surface area contributed by atoms with Crippen molar-refractivity contribution in [1.82, 2.24) is 10.3 Å². The van der Waals surface area contributed by atoms with Gasteiger partial charge in [-0.25, -0.2) is 0 Å². The van der Waals surface area contributed by atoms with Crippen molar-refractivity contribution in [2.24, 2.45) is 0 Å². The normalized spacial score (nSPS) is 14.5. The third-order valence-corrected chi connectivity index (χ3v) is 4.06. The van der Waals surface area contributed by atoms with Crippen LogP contribution in [0.25, 0.3) is 0 Å². The van der Waals surface area contributed by atoms with Gasteiger partial charge in [0.15, 0.2) is 0 Å². The van der Waals surface area contributed by atoms with Crippen molar-refractivity contribution >= 4 is 11.3 Å². The van der Waals surface area contributed by atoms with Gasteiger partial charge >= 0.3 is 0 Å². The Bertz CT molecular complexity index is 464. The summed E-state index contributed by atoms with van der Waals surface area (Å²) in [4.78, 5) is 6.90. The summed E-state index contributed by atoms with van der Waals surface area (Å²) in [5, 5.41) is 3.60. The fourth-order valence-electron chi connectivity index (χ4n) is 1.87. The molecule has 17 heavy (non-hydrogen) atoms. The largest absolute Gasteiger partial charge is 0.303 e. The van der Waals surface area contributed by atoms with E-state index in [1.807, 2.05) is 29.8 Å². The van der Waals surface area contributed by atoms with E-state index in [2.05, 4.69) is 49.3 Å². The summed E-state index contributed by atoms with van der Waals surface area (Å²) in [7, 11) is 0. The van der Waals surface area contributed by atoms with Crippen molar-refractivity contribution in [3.8, 4) is 0 Å². The SMILES string of the molecule is Cc1ccc(C(C)N[C@@H](C)c2cccnc2)s1. The molecule has 0 spiro atoms. The second kappa shape index (κ2) is 5.43. The van der Waals surface area contributed by atoms with Crippen LogP contribution in [0, 0.1) is 6.92 Å². The van der Waals surface area contributed by atoms with Crippen LogP contribution in [-0.2, 0) is 0 Å². The summed E-state index contributed by atoms with van der Waals surface area (Å²) in [5.74, 6) is 0. The standard InChI is InChI=1S/C14H18N2S/c1-10-6-7-14(17-10)12(3)16-11(2)13-5-4-8-15-9-13/h4-9,11-12,16H,1-3H3/t11-,12?/m0/s1. The maximum Gasteiger partial charge on any atom is 0.0391 e. The Labute approximate surface area is 107 Å². The van der Waals surface area contributed by atoms with Crippen molar-refractivity contribution in [1.29, 1.82) is 0 Å². The van der Waals surface area contributed by atoms with Gasteiger partial charge in [-0.15, -0.1) is 11.3 Å². The van der Waals surface area contributed by atoms with E-state index in [-0.39, 0.29) is 0 Å². The van der Waals surface area contributed by atoms with Crippen molar-refractivity contribution in [2.45, 2.75) is 32.9 Å². The number of rotatable bonds is 4. The van der Waals surface area contributed by atoms with E-state index in [1.165, 1.54) is 15.3 Å². The first-order chi connectivity index (χ1) is 8.16. The molecule has 2 nitrogen and oxygen atoms in total. The van der Waals surface area contributed by atoms with Gasteiger partial charge in [0.2, 0.25) is 0 Å². The van der Waals surface area contributed by atoms with Crippen LogP contribution in [0.3, 0.4) is 0 Å². The van der Waals surface area contributed by atoms with E-state index >= 15 is 0 Å². The van der Waals surface area contributed by atoms with Gasteiger partial charge in [-0.2, -0.15) is 0 Å². The first kappa shape index (κ1) is 12.3. The molecule has 0 fully saturated rings. The number of thiophene rings is 1. The van der Waals surface area contributed by atoms with Crippen LogP contribution in [0.15, 0.2) is 36.7 Å². The van der Waals surface area contributed by atoms with Gasteiger partial charge in [0.25, 0.3) is 0 Å². The zero-order valence-corrected chi connectivity index (χ0v) is 11.3. The fourth-order valence-corrected chi connectivity index (χ4v) is 2.76. The molecular formula is C14H18N2S. The van der Waals surface area contributed by atoms with Crippen LogP contribution in [0.2, 0.25) is 0 Å². The van der Waals surface area contributed by atoms with Gasteiger partial charge in [-0.05, 0) is 44.5 Å². The number of aryl methyl sites for hydroxylation is 1. The molecule has 0 bridgehead atoms. The molecule has 0 aromatic carbocycles. The highest BCUT2D eigenvalue weighted by atomic mass is 32.1. The molecule has 0 radical (unpaired) electrons. The third-order valence-electron chi connectivity index (χ3n) is 2.87. The molecule has 0 amide bonds. The predicted octanol–water partition coefficient (Wildman–Crippen LogP) is 3.86. The third kappa shape index (κ3) is 3.14. The van der Waals surface area contributed by atoms with Gasteiger partial charge in [0.05, 0.1) is 0 Å². The van der Waals surface area contributed by atoms with Crippen LogP contribution in [0.4, 0.5) is 0 Å². The Morgan fingerprint density at radius 1 is 1.18 bits per heavy atom. The van der Waals surface area contributed by atoms with Crippen LogP contribution < -0.4 is 5.32 Å². The van der Waals surface area contributed by atoms with Gasteiger partial charge in [0.1, 0.15) is 0 Å². The molecule has 1 unspecified atom stereocenters. The molecular weight excluding hydrogens is 228 g/mol. The van der Waals surface area contributed by atoms with Crippen LogP contribution in [0.1, 0.15) is 41.2 Å². The summed E-state index contributed by atoms with van der Waals surface area (Å²) < 4.78 is 0. The molecule has 3 heteroatoms. The molecule has 1 N–H and O–H groups in total. The molecule has 90 valence electrons. The lowest BCUT2D eigenvalue weighted by atomic mass is 10.1. The van der Waals surface area contributed by atoms with Crippen LogP contribution in [-0.4, -0.2) is 4.98 Å². The lowest BCUT2D eigenvalue weighted by molar-refractivity contribution is 0.499. The Kier molecular flexibility index (Phi) is 3.92. The smallest absolute Gasteiger partial charge is 0.0391 e. The highest BCUT2D eigenvalue weighted by Crippen LogP contribution is 2.24. The number of nitrogens with one attached hydrogen (secondary N) is 1. The molecule has 0 saturated carbocycles. The van der Waals surface area contributed by atoms with Gasteiger partial charge < -0.3 is 5.32 Å². The monoisotopic (exact) mass is 246 g/mol. The number of pyridine rings is 1. The van der Waals surface area contributed by atoms with E-state index < -0.39 is 0 Å². The molecule has 2 aromatic heterocycles. The van der Waals surface area contributed by atoms with E-state index in [0.29, 0.717) is 12.1 Å². The van der Waals surface area contributed by atoms with E-state index in [9.17, 15) is 0 Å². The average molecular weight is 246 g/mol. The second-order valence-corrected chi connectivity index (χ2v) is 5.66. The topological polar surface area (TPSA) is 24.9 Å². The molecule has 2 aromatic rings. The van der Waals surface area contributed by atoms with E-state index in [4.69, 9.17) is 0 Å². The highest BCUT2D eigenvalue weighted by Gasteiger charge is 2.12. The molecule has 2 atom stereocenters. The van der Waals surface area contributed by atoms with Gasteiger partial charge in [-0.1, -0.05) is 6.07 Å². The number of hydrogen-bond acceptors (Lipinski definition) is 3. The van der Waals surface area contributed by atoms with Crippen LogP contribution >= 0.6 is 11.3 Å². The van der Waals surface area contributed by atoms with Crippen LogP contribution in [0.5, 0.6) is 0 Å². The maximum absolute atomic E-state index is 4.15. The number of hydrogen-bond donors (Lipinski definition) is 1. The first-order valence-electron chi connectivity index (χ1n) is 5.89. The molecule has 2 rings (SSSR count). The minimum Gasteiger partial charge on any atom is -0.303 e. The summed E-state index contributed by atoms with van der Waals surface area (Å²) >= 11 is 1.85. The van der Waals surface area contributed by atoms with Crippen molar-refractivity contribution < 1.29 is 0 Å². The fraction of sp³-hybridized carbons (Fsp3) is 0.357. The minimum atomic E-state index is 0.320. The highest BCUT2D eigenvalue weighted by molar-refractivity contribution is 7.12. The number of nitrogens with zero attached hydrogens (tertiary/aromatic N) is 1. The maximum atomic E-state index is 4.15. The Morgan fingerprint density at radius 3 is 2.59 bits per heavy atom. The quantitative estimate of drug-likeness (QED) is 0.886. The second-order valence-electron chi connectivity index (χ2n) is 4.34. The van der Waals surface area contributed by atoms with Crippen molar-refractivity contribution in [3.05, 3.63) is 52.0 Å². The van der Waals surface area contributed by atoms with Crippen molar-refractivity contribution in [2.75, 3.05) is 0 Å². The Balaban J connectivity index is 2.02. The zero-order valence-electron chi connectivity index (χ0n) is 10.5. The molecule has 0 aliphatic rings. The minimum absolute atomic E-state index is 0.320. The summed E-state index contributed by atoms with van der Waals surface area (Å²) in [6, 6.07) is 9.16. The van der Waals surface area contributed by atoms with E-state index in [0.717, 1.165) is 0 Å². The lowest BCUT2D eigenvalue weighted by Crippen LogP contribution is -2.21. The summed E-state index contributed by atoms with van der Waals surface area (Å²) in [5.41, 5.74) is 1.23. The lowest BCUT2D eigenvalue weighted by Gasteiger charge is -2.19. The molecule has 0 aliphatic heterocycles. The number of aromatic nitrogens is 1. The molecule has 0 aliphatic carbocycles. The van der Waals surface area contributed by atoms with E-state index in [1.54, 1.807) is 0 Å². The Hall–Kier alpha value is -1.19. The first-order valence-corrected chi connectivity index (χ1v) is 6.71.